The second kappa shape index (κ2) is 7.18. The van der Waals surface area contributed by atoms with Gasteiger partial charge in [-0.2, -0.15) is 5.26 Å². The van der Waals surface area contributed by atoms with Gasteiger partial charge in [0.05, 0.1) is 0 Å². The van der Waals surface area contributed by atoms with Crippen molar-refractivity contribution in [1.82, 2.24) is 5.32 Å². The summed E-state index contributed by atoms with van der Waals surface area (Å²) in [5, 5.41) is 11.0. The maximum Gasteiger partial charge on any atom is 0.407 e. The number of carbonyl (C=O) groups excluding carboxylic acids is 1. The molecule has 0 fully saturated rings. The fraction of sp³-hybridized carbons (Fsp3) is 0.125. The Hall–Kier alpha value is -2.94. The van der Waals surface area contributed by atoms with E-state index >= 15 is 0 Å². The van der Waals surface area contributed by atoms with E-state index in [-0.39, 0.29) is 18.7 Å². The van der Waals surface area contributed by atoms with Crippen LogP contribution in [0.5, 0.6) is 0 Å². The molecule has 112 valence electrons. The van der Waals surface area contributed by atoms with E-state index in [4.69, 9.17) is 10.00 Å². The SMILES string of the molecule is N#Cc1c(F)cc(CNC(=O)OCc2ccccc2)cc1F. The van der Waals surface area contributed by atoms with Crippen LogP contribution in [0.2, 0.25) is 0 Å². The molecule has 0 radical (unpaired) electrons. The van der Waals surface area contributed by atoms with Crippen molar-refractivity contribution in [2.45, 2.75) is 13.2 Å². The summed E-state index contributed by atoms with van der Waals surface area (Å²) in [5.41, 5.74) is 0.383. The predicted molar refractivity (Wildman–Crippen MR) is 74.5 cm³/mol. The Balaban J connectivity index is 1.88. The number of hydrogen-bond donors (Lipinski definition) is 1. The third kappa shape index (κ3) is 4.03. The number of carbonyl (C=O) groups is 1. The number of nitrogens with zero attached hydrogens (tertiary/aromatic N) is 1. The van der Waals surface area contributed by atoms with Gasteiger partial charge in [-0.25, -0.2) is 13.6 Å². The number of halogens is 2. The Morgan fingerprint density at radius 1 is 1.14 bits per heavy atom. The number of alkyl carbamates (subject to hydrolysis) is 1. The lowest BCUT2D eigenvalue weighted by Gasteiger charge is -2.08. The molecule has 0 atom stereocenters. The quantitative estimate of drug-likeness (QED) is 0.943. The molecule has 0 saturated heterocycles. The molecule has 0 aliphatic rings. The topological polar surface area (TPSA) is 62.1 Å². The van der Waals surface area contributed by atoms with Gasteiger partial charge in [-0.15, -0.1) is 0 Å². The van der Waals surface area contributed by atoms with Gasteiger partial charge in [0.1, 0.15) is 29.9 Å². The Morgan fingerprint density at radius 2 is 1.77 bits per heavy atom. The van der Waals surface area contributed by atoms with Crippen molar-refractivity contribution in [3.8, 4) is 6.07 Å². The first-order chi connectivity index (χ1) is 10.6. The smallest absolute Gasteiger partial charge is 0.407 e. The number of ether oxygens (including phenoxy) is 1. The summed E-state index contributed by atoms with van der Waals surface area (Å²) < 4.78 is 31.8. The lowest BCUT2D eigenvalue weighted by atomic mass is 10.1. The van der Waals surface area contributed by atoms with E-state index < -0.39 is 23.3 Å². The summed E-state index contributed by atoms with van der Waals surface area (Å²) >= 11 is 0. The molecule has 0 aliphatic carbocycles. The standard InChI is InChI=1S/C16H12F2N2O2/c17-14-6-12(7-15(18)13(14)8-19)9-20-16(21)22-10-11-4-2-1-3-5-11/h1-7H,9-10H2,(H,20,21). The zero-order chi connectivity index (χ0) is 15.9. The van der Waals surface area contributed by atoms with Crippen LogP contribution in [0.3, 0.4) is 0 Å². The minimum absolute atomic E-state index is 0.1000. The molecular formula is C16H12F2N2O2. The number of amides is 1. The van der Waals surface area contributed by atoms with Crippen LogP contribution < -0.4 is 5.32 Å². The number of nitrogens with one attached hydrogen (secondary N) is 1. The van der Waals surface area contributed by atoms with Crippen LogP contribution in [0.1, 0.15) is 16.7 Å². The van der Waals surface area contributed by atoms with Gasteiger partial charge in [0.15, 0.2) is 0 Å². The summed E-state index contributed by atoms with van der Waals surface area (Å²) in [5.74, 6) is -1.92. The maximum absolute atomic E-state index is 13.4. The number of benzene rings is 2. The average molecular weight is 302 g/mol. The first-order valence-electron chi connectivity index (χ1n) is 6.42. The van der Waals surface area contributed by atoms with Crippen molar-refractivity contribution in [2.24, 2.45) is 0 Å². The highest BCUT2D eigenvalue weighted by Crippen LogP contribution is 2.14. The lowest BCUT2D eigenvalue weighted by Crippen LogP contribution is -2.23. The van der Waals surface area contributed by atoms with Crippen LogP contribution >= 0.6 is 0 Å². The highest BCUT2D eigenvalue weighted by atomic mass is 19.1. The first kappa shape index (κ1) is 15.4. The molecule has 2 rings (SSSR count). The van der Waals surface area contributed by atoms with Crippen LogP contribution in [0, 0.1) is 23.0 Å². The molecule has 0 aromatic heterocycles. The molecular weight excluding hydrogens is 290 g/mol. The van der Waals surface area contributed by atoms with E-state index in [2.05, 4.69) is 5.32 Å². The largest absolute Gasteiger partial charge is 0.445 e. The number of rotatable bonds is 4. The summed E-state index contributed by atoms with van der Waals surface area (Å²) in [7, 11) is 0. The van der Waals surface area contributed by atoms with Crippen molar-refractivity contribution in [2.75, 3.05) is 0 Å². The van der Waals surface area contributed by atoms with Gasteiger partial charge in [-0.1, -0.05) is 30.3 Å². The number of nitriles is 1. The molecule has 1 N–H and O–H groups in total. The van der Waals surface area contributed by atoms with Crippen LogP contribution in [0.4, 0.5) is 13.6 Å². The van der Waals surface area contributed by atoms with Crippen LogP contribution in [0.15, 0.2) is 42.5 Å². The Kier molecular flexibility index (Phi) is 5.04. The average Bonchev–Trinajstić information content (AvgIpc) is 2.52. The summed E-state index contributed by atoms with van der Waals surface area (Å²) in [6, 6.07) is 12.5. The van der Waals surface area contributed by atoms with E-state index in [0.717, 1.165) is 17.7 Å². The Bertz CT molecular complexity index is 689. The minimum atomic E-state index is -0.961. The van der Waals surface area contributed by atoms with E-state index in [0.29, 0.717) is 0 Å². The summed E-state index contributed by atoms with van der Waals surface area (Å²) in [6.45, 7) is -0.00403. The fourth-order valence-electron chi connectivity index (χ4n) is 1.78. The van der Waals surface area contributed by atoms with Crippen LogP contribution in [0.25, 0.3) is 0 Å². The molecule has 2 aromatic rings. The van der Waals surface area contributed by atoms with E-state index in [1.165, 1.54) is 6.07 Å². The third-order valence-corrected chi connectivity index (χ3v) is 2.86. The predicted octanol–water partition coefficient (Wildman–Crippen LogP) is 3.26. The zero-order valence-corrected chi connectivity index (χ0v) is 11.5. The highest BCUT2D eigenvalue weighted by molar-refractivity contribution is 5.67. The Morgan fingerprint density at radius 3 is 2.36 bits per heavy atom. The van der Waals surface area contributed by atoms with Crippen molar-refractivity contribution in [3.05, 3.63) is 70.8 Å². The Labute approximate surface area is 125 Å². The highest BCUT2D eigenvalue weighted by Gasteiger charge is 2.11. The first-order valence-corrected chi connectivity index (χ1v) is 6.42. The molecule has 4 nitrogen and oxygen atoms in total. The van der Waals surface area contributed by atoms with Gasteiger partial charge in [0.25, 0.3) is 0 Å². The second-order valence-corrected chi connectivity index (χ2v) is 4.46. The van der Waals surface area contributed by atoms with Crippen molar-refractivity contribution >= 4 is 6.09 Å². The zero-order valence-electron chi connectivity index (χ0n) is 11.5. The van der Waals surface area contributed by atoms with E-state index in [1.807, 2.05) is 18.2 Å². The molecule has 0 unspecified atom stereocenters. The molecule has 6 heteroatoms. The molecule has 0 saturated carbocycles. The van der Waals surface area contributed by atoms with Gasteiger partial charge in [-0.05, 0) is 23.3 Å². The second-order valence-electron chi connectivity index (χ2n) is 4.46. The van der Waals surface area contributed by atoms with E-state index in [9.17, 15) is 13.6 Å². The van der Waals surface area contributed by atoms with Crippen molar-refractivity contribution in [1.29, 1.82) is 5.26 Å². The maximum atomic E-state index is 13.4. The van der Waals surface area contributed by atoms with Gasteiger partial charge in [-0.3, -0.25) is 0 Å². The normalized spacial score (nSPS) is 9.86. The minimum Gasteiger partial charge on any atom is -0.445 e. The molecule has 22 heavy (non-hydrogen) atoms. The van der Waals surface area contributed by atoms with Gasteiger partial charge < -0.3 is 10.1 Å². The van der Waals surface area contributed by atoms with E-state index in [1.54, 1.807) is 12.1 Å². The monoisotopic (exact) mass is 302 g/mol. The fourth-order valence-corrected chi connectivity index (χ4v) is 1.78. The molecule has 0 heterocycles. The van der Waals surface area contributed by atoms with Crippen molar-refractivity contribution < 1.29 is 18.3 Å². The summed E-state index contributed by atoms with van der Waals surface area (Å²) in [6.07, 6.45) is -0.700. The molecule has 0 aliphatic heterocycles. The van der Waals surface area contributed by atoms with Crippen LogP contribution in [-0.2, 0) is 17.9 Å². The van der Waals surface area contributed by atoms with Gasteiger partial charge in [0.2, 0.25) is 0 Å². The lowest BCUT2D eigenvalue weighted by molar-refractivity contribution is 0.139. The molecule has 1 amide bonds. The third-order valence-electron chi connectivity index (χ3n) is 2.86. The molecule has 0 bridgehead atoms. The van der Waals surface area contributed by atoms with Crippen molar-refractivity contribution in [3.63, 3.8) is 0 Å². The van der Waals surface area contributed by atoms with Gasteiger partial charge in [0, 0.05) is 6.54 Å². The van der Waals surface area contributed by atoms with Crippen LogP contribution in [-0.4, -0.2) is 6.09 Å². The van der Waals surface area contributed by atoms with Gasteiger partial charge >= 0.3 is 6.09 Å². The number of hydrogen-bond acceptors (Lipinski definition) is 3. The molecule has 2 aromatic carbocycles. The summed E-state index contributed by atoms with van der Waals surface area (Å²) in [4.78, 5) is 11.5. The molecule has 0 spiro atoms.